The number of likely N-dealkylation sites (N-methyl/N-ethyl adjacent to an activating group) is 1. The summed E-state index contributed by atoms with van der Waals surface area (Å²) in [5.41, 5.74) is 1.17. The van der Waals surface area contributed by atoms with Crippen molar-refractivity contribution in [3.05, 3.63) is 42.5 Å². The van der Waals surface area contributed by atoms with Crippen LogP contribution in [0.5, 0.6) is 17.2 Å². The van der Waals surface area contributed by atoms with Gasteiger partial charge in [-0.15, -0.1) is 0 Å². The van der Waals surface area contributed by atoms with Crippen LogP contribution in [0.25, 0.3) is 0 Å². The number of hydrogen-bond donors (Lipinski definition) is 2. The van der Waals surface area contributed by atoms with Crippen LogP contribution in [0.4, 0.5) is 11.4 Å². The summed E-state index contributed by atoms with van der Waals surface area (Å²) < 4.78 is 15.7. The van der Waals surface area contributed by atoms with Gasteiger partial charge in [0.1, 0.15) is 5.75 Å². The molecular formula is C21H27N3O5. The predicted octanol–water partition coefficient (Wildman–Crippen LogP) is 2.61. The lowest BCUT2D eigenvalue weighted by Crippen LogP contribution is -2.38. The average molecular weight is 401 g/mol. The van der Waals surface area contributed by atoms with E-state index in [-0.39, 0.29) is 24.9 Å². The zero-order valence-electron chi connectivity index (χ0n) is 17.2. The molecule has 0 unspecified atom stereocenters. The Balaban J connectivity index is 1.93. The SMILES string of the molecule is CCN(CC(=O)Nc1ccc(OC)c(OC)c1)CC(=O)Nc1ccccc1OC. The molecule has 0 saturated carbocycles. The maximum atomic E-state index is 12.4. The van der Waals surface area contributed by atoms with Crippen molar-refractivity contribution in [1.29, 1.82) is 0 Å². The third kappa shape index (κ3) is 6.39. The number of carbonyl (C=O) groups is 2. The summed E-state index contributed by atoms with van der Waals surface area (Å²) in [5, 5.41) is 5.62. The van der Waals surface area contributed by atoms with Gasteiger partial charge in [-0.25, -0.2) is 0 Å². The summed E-state index contributed by atoms with van der Waals surface area (Å²) in [6, 6.07) is 12.3. The van der Waals surface area contributed by atoms with Crippen molar-refractivity contribution in [2.24, 2.45) is 0 Å². The quantitative estimate of drug-likeness (QED) is 0.636. The molecule has 2 aromatic carbocycles. The normalized spacial score (nSPS) is 10.4. The topological polar surface area (TPSA) is 89.1 Å². The van der Waals surface area contributed by atoms with Crippen LogP contribution in [0.3, 0.4) is 0 Å². The van der Waals surface area contributed by atoms with Crippen LogP contribution in [0.15, 0.2) is 42.5 Å². The van der Waals surface area contributed by atoms with Gasteiger partial charge in [0.15, 0.2) is 11.5 Å². The molecule has 0 bridgehead atoms. The zero-order chi connectivity index (χ0) is 21.2. The van der Waals surface area contributed by atoms with Gasteiger partial charge >= 0.3 is 0 Å². The van der Waals surface area contributed by atoms with Crippen LogP contribution in [0, 0.1) is 0 Å². The highest BCUT2D eigenvalue weighted by Crippen LogP contribution is 2.29. The molecule has 156 valence electrons. The molecule has 0 radical (unpaired) electrons. The van der Waals surface area contributed by atoms with Crippen molar-refractivity contribution in [2.45, 2.75) is 6.92 Å². The number of carbonyl (C=O) groups excluding carboxylic acids is 2. The van der Waals surface area contributed by atoms with Gasteiger partial charge < -0.3 is 24.8 Å². The minimum absolute atomic E-state index is 0.0736. The van der Waals surface area contributed by atoms with Crippen molar-refractivity contribution in [3.63, 3.8) is 0 Å². The van der Waals surface area contributed by atoms with E-state index < -0.39 is 0 Å². The lowest BCUT2D eigenvalue weighted by molar-refractivity contribution is -0.119. The molecular weight excluding hydrogens is 374 g/mol. The molecule has 0 aliphatic carbocycles. The number of hydrogen-bond acceptors (Lipinski definition) is 6. The van der Waals surface area contributed by atoms with Crippen molar-refractivity contribution in [2.75, 3.05) is 51.6 Å². The van der Waals surface area contributed by atoms with Crippen molar-refractivity contribution in [3.8, 4) is 17.2 Å². The average Bonchev–Trinajstić information content (AvgIpc) is 2.73. The number of anilines is 2. The summed E-state index contributed by atoms with van der Waals surface area (Å²) in [5.74, 6) is 1.22. The second-order valence-electron chi connectivity index (χ2n) is 6.17. The lowest BCUT2D eigenvalue weighted by Gasteiger charge is -2.20. The van der Waals surface area contributed by atoms with Gasteiger partial charge in [-0.3, -0.25) is 14.5 Å². The Morgan fingerprint density at radius 1 is 0.828 bits per heavy atom. The molecule has 0 aromatic heterocycles. The Hall–Kier alpha value is -3.26. The van der Waals surface area contributed by atoms with E-state index in [2.05, 4.69) is 10.6 Å². The number of para-hydroxylation sites is 2. The van der Waals surface area contributed by atoms with Crippen molar-refractivity contribution >= 4 is 23.2 Å². The Morgan fingerprint density at radius 3 is 2.07 bits per heavy atom. The van der Waals surface area contributed by atoms with Gasteiger partial charge in [-0.2, -0.15) is 0 Å². The summed E-state index contributed by atoms with van der Waals surface area (Å²) in [6.45, 7) is 2.58. The number of nitrogens with zero attached hydrogens (tertiary/aromatic N) is 1. The lowest BCUT2D eigenvalue weighted by atomic mass is 10.2. The maximum Gasteiger partial charge on any atom is 0.238 e. The fourth-order valence-electron chi connectivity index (χ4n) is 2.74. The number of benzene rings is 2. The standard InChI is InChI=1S/C21H27N3O5/c1-5-24(14-21(26)23-16-8-6-7-9-17(16)27-2)13-20(25)22-15-10-11-18(28-3)19(12-15)29-4/h6-12H,5,13-14H2,1-4H3,(H,22,25)(H,23,26). The van der Waals surface area contributed by atoms with Crippen molar-refractivity contribution < 1.29 is 23.8 Å². The Morgan fingerprint density at radius 2 is 1.45 bits per heavy atom. The molecule has 0 atom stereocenters. The third-order valence-electron chi connectivity index (χ3n) is 4.23. The van der Waals surface area contributed by atoms with E-state index in [9.17, 15) is 9.59 Å². The van der Waals surface area contributed by atoms with Gasteiger partial charge in [0, 0.05) is 11.8 Å². The van der Waals surface area contributed by atoms with E-state index in [1.165, 1.54) is 7.11 Å². The van der Waals surface area contributed by atoms with E-state index in [1.54, 1.807) is 49.5 Å². The highest BCUT2D eigenvalue weighted by Gasteiger charge is 2.15. The summed E-state index contributed by atoms with van der Waals surface area (Å²) in [7, 11) is 4.62. The van der Waals surface area contributed by atoms with E-state index in [0.29, 0.717) is 35.2 Å². The van der Waals surface area contributed by atoms with Crippen LogP contribution in [0.2, 0.25) is 0 Å². The molecule has 0 heterocycles. The van der Waals surface area contributed by atoms with E-state index in [1.807, 2.05) is 19.1 Å². The van der Waals surface area contributed by atoms with Crippen molar-refractivity contribution in [1.82, 2.24) is 4.90 Å². The number of methoxy groups -OCH3 is 3. The molecule has 0 aliphatic heterocycles. The fraction of sp³-hybridized carbons (Fsp3) is 0.333. The molecule has 0 spiro atoms. The van der Waals surface area contributed by atoms with Gasteiger partial charge in [0.25, 0.3) is 0 Å². The summed E-state index contributed by atoms with van der Waals surface area (Å²) in [6.07, 6.45) is 0. The van der Waals surface area contributed by atoms with Gasteiger partial charge in [0.05, 0.1) is 40.1 Å². The van der Waals surface area contributed by atoms with E-state index in [4.69, 9.17) is 14.2 Å². The highest BCUT2D eigenvalue weighted by molar-refractivity contribution is 5.95. The zero-order valence-corrected chi connectivity index (χ0v) is 17.2. The third-order valence-corrected chi connectivity index (χ3v) is 4.23. The molecule has 2 N–H and O–H groups in total. The highest BCUT2D eigenvalue weighted by atomic mass is 16.5. The molecule has 8 heteroatoms. The first-order valence-corrected chi connectivity index (χ1v) is 9.17. The van der Waals surface area contributed by atoms with Crippen LogP contribution in [-0.2, 0) is 9.59 Å². The molecule has 29 heavy (non-hydrogen) atoms. The maximum absolute atomic E-state index is 12.4. The number of nitrogens with one attached hydrogen (secondary N) is 2. The molecule has 2 aromatic rings. The van der Waals surface area contributed by atoms with Gasteiger partial charge in [0.2, 0.25) is 11.8 Å². The second kappa shape index (κ2) is 10.9. The first-order chi connectivity index (χ1) is 14.0. The Bertz CT molecular complexity index is 841. The van der Waals surface area contributed by atoms with E-state index in [0.717, 1.165) is 0 Å². The molecule has 2 rings (SSSR count). The number of rotatable bonds is 10. The molecule has 8 nitrogen and oxygen atoms in total. The predicted molar refractivity (Wildman–Crippen MR) is 112 cm³/mol. The molecule has 2 amide bonds. The summed E-state index contributed by atoms with van der Waals surface area (Å²) in [4.78, 5) is 26.5. The fourth-order valence-corrected chi connectivity index (χ4v) is 2.74. The first kappa shape index (κ1) is 22.0. The molecule has 0 fully saturated rings. The largest absolute Gasteiger partial charge is 0.495 e. The number of amides is 2. The second-order valence-corrected chi connectivity index (χ2v) is 6.17. The minimum atomic E-state index is -0.232. The van der Waals surface area contributed by atoms with Crippen LogP contribution < -0.4 is 24.8 Å². The van der Waals surface area contributed by atoms with Gasteiger partial charge in [-0.05, 0) is 30.8 Å². The van der Waals surface area contributed by atoms with Gasteiger partial charge in [-0.1, -0.05) is 19.1 Å². The minimum Gasteiger partial charge on any atom is -0.495 e. The molecule has 0 aliphatic rings. The Kier molecular flexibility index (Phi) is 8.29. The van der Waals surface area contributed by atoms with Crippen LogP contribution >= 0.6 is 0 Å². The van der Waals surface area contributed by atoms with E-state index >= 15 is 0 Å². The monoisotopic (exact) mass is 401 g/mol. The Labute approximate surface area is 170 Å². The van der Waals surface area contributed by atoms with Crippen LogP contribution in [0.1, 0.15) is 6.92 Å². The number of ether oxygens (including phenoxy) is 3. The van der Waals surface area contributed by atoms with Crippen LogP contribution in [-0.4, -0.2) is 57.7 Å². The smallest absolute Gasteiger partial charge is 0.238 e. The molecule has 0 saturated heterocycles. The first-order valence-electron chi connectivity index (χ1n) is 9.17. The summed E-state index contributed by atoms with van der Waals surface area (Å²) >= 11 is 0.